The van der Waals surface area contributed by atoms with Gasteiger partial charge in [-0.15, -0.1) is 0 Å². The maximum atomic E-state index is 12.7. The number of halogens is 5. The van der Waals surface area contributed by atoms with Crippen molar-refractivity contribution in [2.24, 2.45) is 0 Å². The van der Waals surface area contributed by atoms with Gasteiger partial charge in [0.05, 0.1) is 12.0 Å². The Kier molecular flexibility index (Phi) is 3.88. The van der Waals surface area contributed by atoms with Crippen LogP contribution in [0, 0.1) is 6.92 Å². The first-order chi connectivity index (χ1) is 8.14. The van der Waals surface area contributed by atoms with Gasteiger partial charge in [-0.25, -0.2) is 8.78 Å². The van der Waals surface area contributed by atoms with Gasteiger partial charge in [-0.3, -0.25) is 9.78 Å². The van der Waals surface area contributed by atoms with Gasteiger partial charge in [0.15, 0.2) is 0 Å². The molecule has 0 amide bonds. The second-order valence-electron chi connectivity index (χ2n) is 3.55. The van der Waals surface area contributed by atoms with Crippen LogP contribution in [0.1, 0.15) is 28.8 Å². The summed E-state index contributed by atoms with van der Waals surface area (Å²) in [5, 5.41) is 8.51. The molecule has 0 aromatic carbocycles. The summed E-state index contributed by atoms with van der Waals surface area (Å²) in [5.41, 5.74) is -3.86. The highest BCUT2D eigenvalue weighted by molar-refractivity contribution is 5.71. The Morgan fingerprint density at radius 3 is 2.39 bits per heavy atom. The van der Waals surface area contributed by atoms with E-state index in [4.69, 9.17) is 5.11 Å². The third-order valence-electron chi connectivity index (χ3n) is 2.22. The first-order valence-electron chi connectivity index (χ1n) is 4.70. The molecular weight excluding hydrogens is 261 g/mol. The molecule has 1 aromatic rings. The van der Waals surface area contributed by atoms with Crippen molar-refractivity contribution < 1.29 is 31.9 Å². The summed E-state index contributed by atoms with van der Waals surface area (Å²) in [4.78, 5) is 13.7. The molecular formula is C10H8F5NO2. The number of rotatable bonds is 3. The summed E-state index contributed by atoms with van der Waals surface area (Å²) in [7, 11) is 0. The first-order valence-corrected chi connectivity index (χ1v) is 4.70. The molecule has 0 bridgehead atoms. The summed E-state index contributed by atoms with van der Waals surface area (Å²) < 4.78 is 63.3. The van der Waals surface area contributed by atoms with Crippen molar-refractivity contribution in [3.8, 4) is 0 Å². The predicted molar refractivity (Wildman–Crippen MR) is 50.3 cm³/mol. The largest absolute Gasteiger partial charge is 0.481 e. The zero-order valence-electron chi connectivity index (χ0n) is 9.05. The monoisotopic (exact) mass is 269 g/mol. The molecule has 1 aromatic heterocycles. The van der Waals surface area contributed by atoms with E-state index in [0.717, 1.165) is 6.92 Å². The molecule has 0 aliphatic heterocycles. The molecule has 0 aliphatic carbocycles. The maximum Gasteiger partial charge on any atom is 0.417 e. The maximum absolute atomic E-state index is 12.7. The molecule has 0 saturated heterocycles. The van der Waals surface area contributed by atoms with Gasteiger partial charge in [0.1, 0.15) is 5.69 Å². The number of nitrogens with zero attached hydrogens (tertiary/aromatic N) is 1. The van der Waals surface area contributed by atoms with E-state index in [9.17, 15) is 26.7 Å². The van der Waals surface area contributed by atoms with Crippen molar-refractivity contribution >= 4 is 5.97 Å². The third-order valence-corrected chi connectivity index (χ3v) is 2.22. The highest BCUT2D eigenvalue weighted by Crippen LogP contribution is 2.37. The van der Waals surface area contributed by atoms with Gasteiger partial charge in [-0.1, -0.05) is 0 Å². The van der Waals surface area contributed by atoms with Crippen LogP contribution in [0.2, 0.25) is 0 Å². The molecule has 1 N–H and O–H groups in total. The molecule has 3 nitrogen and oxygen atoms in total. The zero-order valence-corrected chi connectivity index (χ0v) is 9.05. The van der Waals surface area contributed by atoms with E-state index in [2.05, 4.69) is 4.98 Å². The van der Waals surface area contributed by atoms with E-state index in [1.165, 1.54) is 0 Å². The summed E-state index contributed by atoms with van der Waals surface area (Å²) in [6.07, 6.45) is -8.65. The topological polar surface area (TPSA) is 50.2 Å². The fourth-order valence-electron chi connectivity index (χ4n) is 1.59. The molecule has 0 saturated carbocycles. The number of hydrogen-bond acceptors (Lipinski definition) is 2. The van der Waals surface area contributed by atoms with E-state index in [1.807, 2.05) is 0 Å². The lowest BCUT2D eigenvalue weighted by Crippen LogP contribution is -2.18. The number of carboxylic acids is 1. The Hall–Kier alpha value is -1.73. The van der Waals surface area contributed by atoms with E-state index >= 15 is 0 Å². The first kappa shape index (κ1) is 14.3. The minimum Gasteiger partial charge on any atom is -0.481 e. The molecule has 0 radical (unpaired) electrons. The molecule has 0 fully saturated rings. The number of aromatic nitrogens is 1. The van der Waals surface area contributed by atoms with Crippen LogP contribution in [0.4, 0.5) is 22.0 Å². The van der Waals surface area contributed by atoms with Crippen molar-refractivity contribution in [3.05, 3.63) is 28.6 Å². The predicted octanol–water partition coefficient (Wildman–Crippen LogP) is 2.97. The van der Waals surface area contributed by atoms with Crippen molar-refractivity contribution in [2.45, 2.75) is 25.9 Å². The van der Waals surface area contributed by atoms with Gasteiger partial charge in [-0.05, 0) is 12.5 Å². The fraction of sp³-hybridized carbons (Fsp3) is 0.400. The van der Waals surface area contributed by atoms with E-state index in [1.54, 1.807) is 0 Å². The van der Waals surface area contributed by atoms with Crippen LogP contribution < -0.4 is 0 Å². The molecule has 0 spiro atoms. The standard InChI is InChI=1S/C10H8F5NO2/c1-4-3-16-8(9(11)12)5(2-6(17)18)7(4)10(13,14)15/h3,9H,2H2,1H3,(H,17,18). The summed E-state index contributed by atoms with van der Waals surface area (Å²) in [6.45, 7) is 1.04. The SMILES string of the molecule is Cc1cnc(C(F)F)c(CC(=O)O)c1C(F)(F)F. The molecule has 100 valence electrons. The van der Waals surface area contributed by atoms with Gasteiger partial charge >= 0.3 is 12.1 Å². The Labute approximate surface area is 98.3 Å². The lowest BCUT2D eigenvalue weighted by Gasteiger charge is -2.17. The van der Waals surface area contributed by atoms with E-state index < -0.39 is 41.8 Å². The van der Waals surface area contributed by atoms with Crippen LogP contribution in [-0.4, -0.2) is 16.1 Å². The normalized spacial score (nSPS) is 11.9. The average Bonchev–Trinajstić information content (AvgIpc) is 2.13. The summed E-state index contributed by atoms with van der Waals surface area (Å²) in [5.74, 6) is -1.63. The Bertz CT molecular complexity index is 470. The van der Waals surface area contributed by atoms with E-state index in [0.29, 0.717) is 6.20 Å². The smallest absolute Gasteiger partial charge is 0.417 e. The van der Waals surface area contributed by atoms with Crippen molar-refractivity contribution in [2.75, 3.05) is 0 Å². The highest BCUT2D eigenvalue weighted by atomic mass is 19.4. The minimum absolute atomic E-state index is 0.386. The highest BCUT2D eigenvalue weighted by Gasteiger charge is 2.38. The van der Waals surface area contributed by atoms with Gasteiger partial charge in [0, 0.05) is 11.8 Å². The number of carbonyl (C=O) groups is 1. The van der Waals surface area contributed by atoms with Crippen molar-refractivity contribution in [1.82, 2.24) is 4.98 Å². The Balaban J connectivity index is 3.55. The second-order valence-corrected chi connectivity index (χ2v) is 3.55. The number of carboxylic acid groups (broad SMARTS) is 1. The number of aliphatic carboxylic acids is 1. The van der Waals surface area contributed by atoms with Gasteiger partial charge in [0.25, 0.3) is 6.43 Å². The van der Waals surface area contributed by atoms with Crippen molar-refractivity contribution in [1.29, 1.82) is 0 Å². The summed E-state index contributed by atoms with van der Waals surface area (Å²) in [6, 6.07) is 0. The number of hydrogen-bond donors (Lipinski definition) is 1. The second kappa shape index (κ2) is 4.87. The number of aryl methyl sites for hydroxylation is 1. The number of pyridine rings is 1. The van der Waals surface area contributed by atoms with Gasteiger partial charge in [0.2, 0.25) is 0 Å². The van der Waals surface area contributed by atoms with Crippen LogP contribution in [0.3, 0.4) is 0 Å². The lowest BCUT2D eigenvalue weighted by molar-refractivity contribution is -0.140. The molecule has 18 heavy (non-hydrogen) atoms. The van der Waals surface area contributed by atoms with E-state index in [-0.39, 0.29) is 5.56 Å². The molecule has 0 atom stereocenters. The Morgan fingerprint density at radius 2 is 2.00 bits per heavy atom. The molecule has 1 rings (SSSR count). The zero-order chi connectivity index (χ0) is 14.1. The van der Waals surface area contributed by atoms with Crippen LogP contribution >= 0.6 is 0 Å². The average molecular weight is 269 g/mol. The van der Waals surface area contributed by atoms with Crippen LogP contribution in [-0.2, 0) is 17.4 Å². The lowest BCUT2D eigenvalue weighted by atomic mass is 9.98. The van der Waals surface area contributed by atoms with Crippen LogP contribution in [0.15, 0.2) is 6.20 Å². The van der Waals surface area contributed by atoms with Gasteiger partial charge in [-0.2, -0.15) is 13.2 Å². The molecule has 8 heteroatoms. The Morgan fingerprint density at radius 1 is 1.44 bits per heavy atom. The van der Waals surface area contributed by atoms with Gasteiger partial charge < -0.3 is 5.11 Å². The molecule has 0 aliphatic rings. The van der Waals surface area contributed by atoms with Crippen LogP contribution in [0.25, 0.3) is 0 Å². The quantitative estimate of drug-likeness (QED) is 0.858. The number of alkyl halides is 5. The third kappa shape index (κ3) is 2.93. The minimum atomic E-state index is -4.90. The molecule has 0 unspecified atom stereocenters. The van der Waals surface area contributed by atoms with Crippen LogP contribution in [0.5, 0.6) is 0 Å². The summed E-state index contributed by atoms with van der Waals surface area (Å²) >= 11 is 0. The molecule has 1 heterocycles. The van der Waals surface area contributed by atoms with Crippen molar-refractivity contribution in [3.63, 3.8) is 0 Å². The fourth-order valence-corrected chi connectivity index (χ4v) is 1.59.